The zero-order valence-corrected chi connectivity index (χ0v) is 29.4. The van der Waals surface area contributed by atoms with Crippen LogP contribution >= 0.6 is 0 Å². The van der Waals surface area contributed by atoms with Crippen molar-refractivity contribution >= 4 is 23.6 Å². The summed E-state index contributed by atoms with van der Waals surface area (Å²) in [7, 11) is 0. The number of nitrogens with zero attached hydrogens (tertiary/aromatic N) is 2. The maximum atomic E-state index is 14.3. The van der Waals surface area contributed by atoms with Gasteiger partial charge in [0.2, 0.25) is 23.6 Å². The van der Waals surface area contributed by atoms with Crippen LogP contribution in [0.5, 0.6) is 0 Å². The van der Waals surface area contributed by atoms with Crippen molar-refractivity contribution in [1.82, 2.24) is 25.8 Å². The minimum Gasteiger partial charge on any atom is -0.343 e. The van der Waals surface area contributed by atoms with Gasteiger partial charge in [0.1, 0.15) is 17.6 Å². The number of nitrogens with two attached hydrogens (primary N) is 1. The zero-order valence-electron chi connectivity index (χ0n) is 29.4. The molecule has 5 atom stereocenters. The Morgan fingerprint density at radius 3 is 1.94 bits per heavy atom. The first kappa shape index (κ1) is 36.5. The maximum absolute atomic E-state index is 14.3. The van der Waals surface area contributed by atoms with E-state index < -0.39 is 35.5 Å². The first-order chi connectivity index (χ1) is 23.7. The number of benzene rings is 2. The fraction of sp³-hybridized carbons (Fsp3) is 0.590. The molecule has 5 N–H and O–H groups in total. The molecule has 3 aliphatic rings. The average Bonchev–Trinajstić information content (AvgIpc) is 3.70. The van der Waals surface area contributed by atoms with Gasteiger partial charge < -0.3 is 31.5 Å². The molecule has 0 spiro atoms. The van der Waals surface area contributed by atoms with E-state index in [1.54, 1.807) is 0 Å². The summed E-state index contributed by atoms with van der Waals surface area (Å²) in [5.74, 6) is -0.216. The van der Waals surface area contributed by atoms with Crippen molar-refractivity contribution in [2.45, 2.75) is 102 Å². The third-order valence-electron chi connectivity index (χ3n) is 10.8. The molecule has 0 radical (unpaired) electrons. The topological polar surface area (TPSA) is 137 Å². The normalized spacial score (nSPS) is 22.1. The van der Waals surface area contributed by atoms with Crippen molar-refractivity contribution in [2.24, 2.45) is 17.6 Å². The summed E-state index contributed by atoms with van der Waals surface area (Å²) in [6.45, 7) is 8.78. The monoisotopic (exact) mass is 672 g/mol. The van der Waals surface area contributed by atoms with Gasteiger partial charge in [-0.3, -0.25) is 19.2 Å². The Morgan fingerprint density at radius 1 is 0.776 bits per heavy atom. The van der Waals surface area contributed by atoms with E-state index in [9.17, 15) is 19.2 Å². The molecule has 266 valence electrons. The fourth-order valence-corrected chi connectivity index (χ4v) is 7.90. The van der Waals surface area contributed by atoms with E-state index in [2.05, 4.69) is 34.7 Å². The Kier molecular flexibility index (Phi) is 12.9. The summed E-state index contributed by atoms with van der Waals surface area (Å²) in [6.07, 6.45) is 6.33. The summed E-state index contributed by atoms with van der Waals surface area (Å²) in [5.41, 5.74) is 6.96. The third kappa shape index (κ3) is 9.48. The van der Waals surface area contributed by atoms with Crippen LogP contribution in [0, 0.1) is 11.8 Å². The lowest BCUT2D eigenvalue weighted by Gasteiger charge is -2.39. The summed E-state index contributed by atoms with van der Waals surface area (Å²) >= 11 is 0. The van der Waals surface area contributed by atoms with Crippen LogP contribution in [-0.4, -0.2) is 89.8 Å². The van der Waals surface area contributed by atoms with Crippen LogP contribution in [0.1, 0.15) is 76.3 Å². The summed E-state index contributed by atoms with van der Waals surface area (Å²) in [5, 5.41) is 9.18. The van der Waals surface area contributed by atoms with Crippen LogP contribution in [0.2, 0.25) is 0 Å². The summed E-state index contributed by atoms with van der Waals surface area (Å²) in [4.78, 5) is 60.2. The van der Waals surface area contributed by atoms with Gasteiger partial charge in [0.15, 0.2) is 0 Å². The van der Waals surface area contributed by atoms with E-state index in [-0.39, 0.29) is 18.2 Å². The Bertz CT molecular complexity index is 1380. The molecule has 2 heterocycles. The lowest BCUT2D eigenvalue weighted by Crippen LogP contribution is -2.65. The molecule has 1 aliphatic carbocycles. The van der Waals surface area contributed by atoms with Crippen LogP contribution in [0.4, 0.5) is 0 Å². The first-order valence-corrected chi connectivity index (χ1v) is 18.5. The molecule has 5 rings (SSSR count). The Hall–Kier alpha value is -3.76. The standard InChI is InChI=1S/C39H56N6O4/c1-3-5-19-33(37(48)45-26-30-24-44(4-2)25-31(30)27-45)42-38(49)39(20-13-8-14-21-39)43-36(47)34(23-29-17-11-7-12-18-29)41-35(46)32(40)22-28-15-9-6-10-16-28/h6-7,9-12,15-18,30-34H,3-5,8,13-14,19-27,40H2,1-2H3,(H,41,46)(H,42,49)(H,43,47). The second-order valence-electron chi connectivity index (χ2n) is 14.5. The molecule has 1 saturated carbocycles. The molecule has 2 aliphatic heterocycles. The molecule has 5 unspecified atom stereocenters. The Morgan fingerprint density at radius 2 is 1.37 bits per heavy atom. The first-order valence-electron chi connectivity index (χ1n) is 18.5. The van der Waals surface area contributed by atoms with E-state index in [1.807, 2.05) is 65.6 Å². The molecule has 10 heteroatoms. The summed E-state index contributed by atoms with van der Waals surface area (Å²) < 4.78 is 0. The molecule has 49 heavy (non-hydrogen) atoms. The molecule has 2 aromatic rings. The van der Waals surface area contributed by atoms with Gasteiger partial charge in [0, 0.05) is 32.6 Å². The van der Waals surface area contributed by atoms with Crippen LogP contribution in [0.25, 0.3) is 0 Å². The van der Waals surface area contributed by atoms with Crippen molar-refractivity contribution < 1.29 is 19.2 Å². The fourth-order valence-electron chi connectivity index (χ4n) is 7.90. The van der Waals surface area contributed by atoms with Gasteiger partial charge >= 0.3 is 0 Å². The quantitative estimate of drug-likeness (QED) is 0.230. The van der Waals surface area contributed by atoms with E-state index in [1.165, 1.54) is 0 Å². The van der Waals surface area contributed by atoms with Gasteiger partial charge in [-0.15, -0.1) is 0 Å². The molecule has 3 fully saturated rings. The highest BCUT2D eigenvalue weighted by Crippen LogP contribution is 2.32. The van der Waals surface area contributed by atoms with Crippen LogP contribution in [-0.2, 0) is 32.0 Å². The largest absolute Gasteiger partial charge is 0.343 e. The minimum atomic E-state index is -1.17. The minimum absolute atomic E-state index is 0.0156. The number of fused-ring (bicyclic) bond motifs is 1. The Labute approximate surface area is 291 Å². The highest BCUT2D eigenvalue weighted by Gasteiger charge is 2.46. The van der Waals surface area contributed by atoms with Crippen LogP contribution in [0.15, 0.2) is 60.7 Å². The summed E-state index contributed by atoms with van der Waals surface area (Å²) in [6, 6.07) is 16.6. The van der Waals surface area contributed by atoms with E-state index in [0.29, 0.717) is 37.5 Å². The van der Waals surface area contributed by atoms with Gasteiger partial charge in [-0.05, 0) is 55.2 Å². The number of carbonyl (C=O) groups is 4. The smallest absolute Gasteiger partial charge is 0.246 e. The van der Waals surface area contributed by atoms with Crippen molar-refractivity contribution in [3.8, 4) is 0 Å². The Balaban J connectivity index is 1.30. The second kappa shape index (κ2) is 17.3. The SMILES string of the molecule is CCCCC(NC(=O)C1(NC(=O)C(Cc2ccccc2)NC(=O)C(N)Cc2ccccc2)CCCCC1)C(=O)N1CC2CN(CC)CC2C1. The second-order valence-corrected chi connectivity index (χ2v) is 14.5. The number of likely N-dealkylation sites (tertiary alicyclic amines) is 2. The number of carbonyl (C=O) groups excluding carboxylic acids is 4. The molecular formula is C39H56N6O4. The van der Waals surface area contributed by atoms with Crippen molar-refractivity contribution in [1.29, 1.82) is 0 Å². The number of hydrogen-bond acceptors (Lipinski definition) is 6. The number of rotatable bonds is 15. The van der Waals surface area contributed by atoms with Crippen molar-refractivity contribution in [3.05, 3.63) is 71.8 Å². The number of hydrogen-bond donors (Lipinski definition) is 4. The van der Waals surface area contributed by atoms with E-state index in [4.69, 9.17) is 5.73 Å². The van der Waals surface area contributed by atoms with Crippen molar-refractivity contribution in [3.63, 3.8) is 0 Å². The third-order valence-corrected chi connectivity index (χ3v) is 10.8. The van der Waals surface area contributed by atoms with Gasteiger partial charge in [-0.2, -0.15) is 0 Å². The lowest BCUT2D eigenvalue weighted by molar-refractivity contribution is -0.141. The molecule has 2 saturated heterocycles. The van der Waals surface area contributed by atoms with Crippen LogP contribution in [0.3, 0.4) is 0 Å². The highest BCUT2D eigenvalue weighted by atomic mass is 16.2. The van der Waals surface area contributed by atoms with Crippen LogP contribution < -0.4 is 21.7 Å². The van der Waals surface area contributed by atoms with E-state index >= 15 is 0 Å². The van der Waals surface area contributed by atoms with Crippen molar-refractivity contribution in [2.75, 3.05) is 32.7 Å². The molecule has 0 bridgehead atoms. The van der Waals surface area contributed by atoms with Gasteiger partial charge in [0.05, 0.1) is 6.04 Å². The van der Waals surface area contributed by atoms with Gasteiger partial charge in [-0.25, -0.2) is 0 Å². The molecular weight excluding hydrogens is 616 g/mol. The number of amides is 4. The molecule has 4 amide bonds. The molecule has 0 aromatic heterocycles. The molecule has 10 nitrogen and oxygen atoms in total. The van der Waals surface area contributed by atoms with E-state index in [0.717, 1.165) is 76.0 Å². The van der Waals surface area contributed by atoms with Gasteiger partial charge in [0.25, 0.3) is 0 Å². The predicted octanol–water partition coefficient (Wildman–Crippen LogP) is 3.19. The number of unbranched alkanes of at least 4 members (excludes halogenated alkanes) is 1. The van der Waals surface area contributed by atoms with Gasteiger partial charge in [-0.1, -0.05) is 107 Å². The molecule has 2 aromatic carbocycles. The maximum Gasteiger partial charge on any atom is 0.246 e. The predicted molar refractivity (Wildman–Crippen MR) is 191 cm³/mol. The lowest BCUT2D eigenvalue weighted by atomic mass is 9.80. The average molecular weight is 673 g/mol. The highest BCUT2D eigenvalue weighted by molar-refractivity contribution is 5.97. The zero-order chi connectivity index (χ0) is 34.8. The number of nitrogens with one attached hydrogen (secondary N) is 3.